The summed E-state index contributed by atoms with van der Waals surface area (Å²) in [6.45, 7) is 3.97. The molecule has 0 bridgehead atoms. The zero-order valence-corrected chi connectivity index (χ0v) is 16.4. The lowest BCUT2D eigenvalue weighted by Crippen LogP contribution is -2.38. The van der Waals surface area contributed by atoms with Crippen LogP contribution in [0.25, 0.3) is 22.2 Å². The summed E-state index contributed by atoms with van der Waals surface area (Å²) in [7, 11) is 0. The quantitative estimate of drug-likeness (QED) is 0.670. The number of hydrogen-bond donors (Lipinski definition) is 0. The van der Waals surface area contributed by atoms with Gasteiger partial charge in [-0.3, -0.25) is 9.48 Å². The maximum atomic E-state index is 13.3. The molecule has 0 unspecified atom stereocenters. The average Bonchev–Trinajstić information content (AvgIpc) is 3.21. The SMILES string of the molecule is CCn1cc(-c2cc(C(=O)N3CCC(C#N)CC3)c3ccc(Cl)cc3n2)cn1. The van der Waals surface area contributed by atoms with Gasteiger partial charge in [-0.1, -0.05) is 17.7 Å². The number of fused-ring (bicyclic) bond motifs is 1. The van der Waals surface area contributed by atoms with Crippen LogP contribution in [0.15, 0.2) is 36.7 Å². The van der Waals surface area contributed by atoms with Crippen molar-refractivity contribution in [3.63, 3.8) is 0 Å². The van der Waals surface area contributed by atoms with Gasteiger partial charge in [-0.25, -0.2) is 4.98 Å². The van der Waals surface area contributed by atoms with Gasteiger partial charge in [0.25, 0.3) is 5.91 Å². The van der Waals surface area contributed by atoms with Crippen molar-refractivity contribution in [1.29, 1.82) is 5.26 Å². The molecule has 3 heterocycles. The van der Waals surface area contributed by atoms with Crippen LogP contribution in [0, 0.1) is 17.2 Å². The highest BCUT2D eigenvalue weighted by Gasteiger charge is 2.25. The molecule has 1 aliphatic heterocycles. The lowest BCUT2D eigenvalue weighted by molar-refractivity contribution is 0.0709. The van der Waals surface area contributed by atoms with E-state index >= 15 is 0 Å². The normalized spacial score (nSPS) is 15.0. The molecule has 4 rings (SSSR count). The summed E-state index contributed by atoms with van der Waals surface area (Å²) in [5.74, 6) is 0.00253. The third-order valence-corrected chi connectivity index (χ3v) is 5.46. The Kier molecular flexibility index (Phi) is 5.01. The third kappa shape index (κ3) is 3.46. The van der Waals surface area contributed by atoms with Gasteiger partial charge in [-0.05, 0) is 38.0 Å². The van der Waals surface area contributed by atoms with E-state index in [-0.39, 0.29) is 11.8 Å². The first kappa shape index (κ1) is 18.5. The van der Waals surface area contributed by atoms with Crippen molar-refractivity contribution in [2.45, 2.75) is 26.3 Å². The van der Waals surface area contributed by atoms with Crippen LogP contribution in [0.2, 0.25) is 5.02 Å². The summed E-state index contributed by atoms with van der Waals surface area (Å²) in [5.41, 5.74) is 2.85. The Bertz CT molecular complexity index is 1080. The summed E-state index contributed by atoms with van der Waals surface area (Å²) in [6, 6.07) is 9.55. The van der Waals surface area contributed by atoms with Gasteiger partial charge in [0.2, 0.25) is 0 Å². The number of piperidine rings is 1. The highest BCUT2D eigenvalue weighted by atomic mass is 35.5. The van der Waals surface area contributed by atoms with Crippen molar-refractivity contribution in [2.24, 2.45) is 5.92 Å². The van der Waals surface area contributed by atoms with Gasteiger partial charge in [-0.15, -0.1) is 0 Å². The Morgan fingerprint density at radius 1 is 1.32 bits per heavy atom. The van der Waals surface area contributed by atoms with Crippen molar-refractivity contribution in [2.75, 3.05) is 13.1 Å². The number of carbonyl (C=O) groups is 1. The minimum atomic E-state index is -0.0322. The van der Waals surface area contributed by atoms with Crippen molar-refractivity contribution in [3.8, 4) is 17.3 Å². The molecule has 1 aliphatic rings. The van der Waals surface area contributed by atoms with Crippen LogP contribution in [0.3, 0.4) is 0 Å². The molecule has 142 valence electrons. The van der Waals surface area contributed by atoms with Crippen LogP contribution in [-0.4, -0.2) is 38.7 Å². The predicted molar refractivity (Wildman–Crippen MR) is 108 cm³/mol. The summed E-state index contributed by atoms with van der Waals surface area (Å²) >= 11 is 6.17. The summed E-state index contributed by atoms with van der Waals surface area (Å²) in [6.07, 6.45) is 5.11. The van der Waals surface area contributed by atoms with Crippen LogP contribution in [0.4, 0.5) is 0 Å². The van der Waals surface area contributed by atoms with Gasteiger partial charge in [0, 0.05) is 47.7 Å². The zero-order chi connectivity index (χ0) is 19.7. The summed E-state index contributed by atoms with van der Waals surface area (Å²) < 4.78 is 1.83. The van der Waals surface area contributed by atoms with Crippen molar-refractivity contribution in [3.05, 3.63) is 47.2 Å². The number of benzene rings is 1. The van der Waals surface area contributed by atoms with Gasteiger partial charge in [0.05, 0.1) is 29.0 Å². The first-order valence-corrected chi connectivity index (χ1v) is 9.79. The largest absolute Gasteiger partial charge is 0.339 e. The fourth-order valence-electron chi connectivity index (χ4n) is 3.58. The fourth-order valence-corrected chi connectivity index (χ4v) is 3.74. The Hall–Kier alpha value is -2.91. The monoisotopic (exact) mass is 393 g/mol. The Morgan fingerprint density at radius 2 is 2.11 bits per heavy atom. The van der Waals surface area contributed by atoms with Crippen LogP contribution in [0.5, 0.6) is 0 Å². The molecular formula is C21H20ClN5O. The molecule has 0 N–H and O–H groups in total. The number of halogens is 1. The number of nitriles is 1. The molecule has 1 amide bonds. The molecule has 0 aliphatic carbocycles. The van der Waals surface area contributed by atoms with E-state index < -0.39 is 0 Å². The van der Waals surface area contributed by atoms with E-state index in [0.29, 0.717) is 47.7 Å². The molecule has 1 fully saturated rings. The van der Waals surface area contributed by atoms with Gasteiger partial charge >= 0.3 is 0 Å². The molecule has 0 saturated carbocycles. The molecule has 0 radical (unpaired) electrons. The first-order chi connectivity index (χ1) is 13.6. The lowest BCUT2D eigenvalue weighted by atomic mass is 9.97. The molecule has 0 atom stereocenters. The number of hydrogen-bond acceptors (Lipinski definition) is 4. The zero-order valence-electron chi connectivity index (χ0n) is 15.6. The van der Waals surface area contributed by atoms with E-state index in [4.69, 9.17) is 21.8 Å². The van der Waals surface area contributed by atoms with E-state index in [2.05, 4.69) is 11.2 Å². The Labute approximate surface area is 168 Å². The Morgan fingerprint density at radius 3 is 2.79 bits per heavy atom. The number of carbonyl (C=O) groups excluding carboxylic acids is 1. The number of aromatic nitrogens is 3. The van der Waals surface area contributed by atoms with Gasteiger partial charge < -0.3 is 4.90 Å². The molecule has 6 nitrogen and oxygen atoms in total. The second-order valence-electron chi connectivity index (χ2n) is 7.00. The lowest BCUT2D eigenvalue weighted by Gasteiger charge is -2.29. The number of amides is 1. The Balaban J connectivity index is 1.77. The average molecular weight is 394 g/mol. The highest BCUT2D eigenvalue weighted by molar-refractivity contribution is 6.31. The minimum absolute atomic E-state index is 0.0322. The molecule has 3 aromatic rings. The minimum Gasteiger partial charge on any atom is -0.339 e. The van der Waals surface area contributed by atoms with Crippen molar-refractivity contribution >= 4 is 28.4 Å². The van der Waals surface area contributed by atoms with E-state index in [1.807, 2.05) is 34.8 Å². The molecule has 28 heavy (non-hydrogen) atoms. The van der Waals surface area contributed by atoms with Crippen LogP contribution in [-0.2, 0) is 6.54 Å². The summed E-state index contributed by atoms with van der Waals surface area (Å²) in [5, 5.41) is 14.8. The van der Waals surface area contributed by atoms with Gasteiger partial charge in [-0.2, -0.15) is 10.4 Å². The molecular weight excluding hydrogens is 374 g/mol. The van der Waals surface area contributed by atoms with Crippen molar-refractivity contribution < 1.29 is 4.79 Å². The van der Waals surface area contributed by atoms with E-state index in [9.17, 15) is 4.79 Å². The molecule has 2 aromatic heterocycles. The molecule has 1 saturated heterocycles. The summed E-state index contributed by atoms with van der Waals surface area (Å²) in [4.78, 5) is 19.8. The first-order valence-electron chi connectivity index (χ1n) is 9.41. The van der Waals surface area contributed by atoms with E-state index in [0.717, 1.165) is 17.5 Å². The standard InChI is InChI=1S/C21H20ClN5O/c1-2-27-13-15(12-24-27)19-10-18(17-4-3-16(22)9-20(17)25-19)21(28)26-7-5-14(11-23)6-8-26/h3-4,9-10,12-14H,2,5-8H2,1H3. The molecule has 1 aromatic carbocycles. The number of aryl methyl sites for hydroxylation is 1. The number of nitrogens with zero attached hydrogens (tertiary/aromatic N) is 5. The number of pyridine rings is 1. The van der Waals surface area contributed by atoms with E-state index in [1.165, 1.54) is 0 Å². The van der Waals surface area contributed by atoms with Crippen LogP contribution in [0.1, 0.15) is 30.1 Å². The smallest absolute Gasteiger partial charge is 0.254 e. The third-order valence-electron chi connectivity index (χ3n) is 5.22. The number of likely N-dealkylation sites (tertiary alicyclic amines) is 1. The fraction of sp³-hybridized carbons (Fsp3) is 0.333. The molecule has 7 heteroatoms. The maximum Gasteiger partial charge on any atom is 0.254 e. The van der Waals surface area contributed by atoms with Crippen molar-refractivity contribution in [1.82, 2.24) is 19.7 Å². The van der Waals surface area contributed by atoms with E-state index in [1.54, 1.807) is 18.3 Å². The van der Waals surface area contributed by atoms with Gasteiger partial charge in [0.1, 0.15) is 0 Å². The second-order valence-corrected chi connectivity index (χ2v) is 7.43. The molecule has 0 spiro atoms. The van der Waals surface area contributed by atoms with Crippen LogP contribution < -0.4 is 0 Å². The van der Waals surface area contributed by atoms with Crippen LogP contribution >= 0.6 is 11.6 Å². The highest BCUT2D eigenvalue weighted by Crippen LogP contribution is 2.29. The maximum absolute atomic E-state index is 13.3. The predicted octanol–water partition coefficient (Wildman–Crippen LogP) is 4.15. The topological polar surface area (TPSA) is 74.8 Å². The van der Waals surface area contributed by atoms with Gasteiger partial charge in [0.15, 0.2) is 0 Å². The second kappa shape index (κ2) is 7.61. The number of rotatable bonds is 3.